The predicted molar refractivity (Wildman–Crippen MR) is 77.7 cm³/mol. The minimum atomic E-state index is -1.12. The van der Waals surface area contributed by atoms with Crippen LogP contribution >= 0.6 is 11.8 Å². The van der Waals surface area contributed by atoms with Gasteiger partial charge in [0.05, 0.1) is 6.61 Å². The Kier molecular flexibility index (Phi) is 4.12. The molecule has 0 aliphatic carbocycles. The number of fused-ring (bicyclic) bond motifs is 1. The predicted octanol–water partition coefficient (Wildman–Crippen LogP) is 1.13. The number of aromatic carboxylic acids is 1. The monoisotopic (exact) mass is 308 g/mol. The molecule has 0 bridgehead atoms. The van der Waals surface area contributed by atoms with Gasteiger partial charge in [0.25, 0.3) is 5.91 Å². The van der Waals surface area contributed by atoms with Crippen molar-refractivity contribution in [2.24, 2.45) is 0 Å². The average Bonchev–Trinajstić information content (AvgIpc) is 2.53. The summed E-state index contributed by atoms with van der Waals surface area (Å²) in [6.45, 7) is 2.00. The van der Waals surface area contributed by atoms with Gasteiger partial charge in [-0.2, -0.15) is 11.8 Å². The zero-order chi connectivity index (χ0) is 14.8. The van der Waals surface area contributed by atoms with Gasteiger partial charge in [-0.3, -0.25) is 4.79 Å². The van der Waals surface area contributed by atoms with Crippen LogP contribution in [-0.2, 0) is 4.74 Å². The van der Waals surface area contributed by atoms with Crippen molar-refractivity contribution >= 4 is 23.6 Å². The average molecular weight is 308 g/mol. The molecular weight excluding hydrogens is 292 g/mol. The van der Waals surface area contributed by atoms with Crippen molar-refractivity contribution in [1.29, 1.82) is 0 Å². The van der Waals surface area contributed by atoms with E-state index in [2.05, 4.69) is 4.98 Å². The Morgan fingerprint density at radius 2 is 2.19 bits per heavy atom. The van der Waals surface area contributed by atoms with Crippen LogP contribution in [0.15, 0.2) is 18.2 Å². The Balaban J connectivity index is 1.83. The summed E-state index contributed by atoms with van der Waals surface area (Å²) in [5.41, 5.74) is 0.0998. The number of amides is 1. The number of carbonyl (C=O) groups excluding carboxylic acids is 1. The normalized spacial score (nSPS) is 25.2. The van der Waals surface area contributed by atoms with E-state index in [1.807, 2.05) is 16.7 Å². The molecule has 2 unspecified atom stereocenters. The molecule has 3 heterocycles. The Morgan fingerprint density at radius 1 is 1.38 bits per heavy atom. The van der Waals surface area contributed by atoms with E-state index in [4.69, 9.17) is 9.84 Å². The summed E-state index contributed by atoms with van der Waals surface area (Å²) in [4.78, 5) is 29.4. The summed E-state index contributed by atoms with van der Waals surface area (Å²) in [7, 11) is 0. The summed E-state index contributed by atoms with van der Waals surface area (Å²) in [5, 5.41) is 9.29. The van der Waals surface area contributed by atoms with Crippen LogP contribution in [0.25, 0.3) is 0 Å². The Bertz CT molecular complexity index is 564. The first-order valence-electron chi connectivity index (χ1n) is 6.87. The van der Waals surface area contributed by atoms with Crippen LogP contribution in [0.5, 0.6) is 0 Å². The van der Waals surface area contributed by atoms with Crippen LogP contribution in [-0.4, -0.2) is 63.7 Å². The maximum absolute atomic E-state index is 12.6. The Hall–Kier alpha value is -1.60. The van der Waals surface area contributed by atoms with E-state index >= 15 is 0 Å². The quantitative estimate of drug-likeness (QED) is 0.882. The summed E-state index contributed by atoms with van der Waals surface area (Å²) in [6, 6.07) is 4.68. The van der Waals surface area contributed by atoms with E-state index in [9.17, 15) is 9.59 Å². The second-order valence-electron chi connectivity index (χ2n) is 5.05. The number of rotatable bonds is 2. The molecule has 0 aromatic carbocycles. The molecule has 0 spiro atoms. The van der Waals surface area contributed by atoms with Gasteiger partial charge in [0.2, 0.25) is 0 Å². The molecule has 0 saturated carbocycles. The van der Waals surface area contributed by atoms with Gasteiger partial charge in [0, 0.05) is 30.2 Å². The third kappa shape index (κ3) is 2.89. The SMILES string of the molecule is O=C(O)c1cccc(C(=O)N2CCSC3COCCC32)n1. The third-order valence-corrected chi connectivity index (χ3v) is 5.08. The topological polar surface area (TPSA) is 79.7 Å². The maximum atomic E-state index is 12.6. The largest absolute Gasteiger partial charge is 0.477 e. The minimum absolute atomic E-state index is 0.101. The van der Waals surface area contributed by atoms with Crippen LogP contribution < -0.4 is 0 Å². The molecule has 2 saturated heterocycles. The van der Waals surface area contributed by atoms with E-state index in [1.165, 1.54) is 6.07 Å². The van der Waals surface area contributed by atoms with Gasteiger partial charge in [-0.25, -0.2) is 9.78 Å². The van der Waals surface area contributed by atoms with Crippen LogP contribution in [0.3, 0.4) is 0 Å². The highest BCUT2D eigenvalue weighted by Crippen LogP contribution is 2.30. The van der Waals surface area contributed by atoms with Crippen molar-refractivity contribution in [3.63, 3.8) is 0 Å². The second-order valence-corrected chi connectivity index (χ2v) is 6.40. The summed E-state index contributed by atoms with van der Waals surface area (Å²) in [6.07, 6.45) is 0.821. The van der Waals surface area contributed by atoms with Gasteiger partial charge < -0.3 is 14.7 Å². The molecule has 2 aliphatic heterocycles. The standard InChI is InChI=1S/C14H16N2O4S/c17-13(9-2-1-3-10(15-9)14(18)19)16-5-7-21-12-8-20-6-4-11(12)16/h1-3,11-12H,4-8H2,(H,18,19). The fraction of sp³-hybridized carbons (Fsp3) is 0.500. The fourth-order valence-corrected chi connectivity index (χ4v) is 4.06. The van der Waals surface area contributed by atoms with E-state index < -0.39 is 5.97 Å². The highest BCUT2D eigenvalue weighted by atomic mass is 32.2. The molecule has 112 valence electrons. The zero-order valence-electron chi connectivity index (χ0n) is 11.4. The van der Waals surface area contributed by atoms with Crippen molar-refractivity contribution < 1.29 is 19.4 Å². The number of nitrogens with zero attached hydrogens (tertiary/aromatic N) is 2. The number of aromatic nitrogens is 1. The number of pyridine rings is 1. The summed E-state index contributed by atoms with van der Waals surface area (Å²) in [5.74, 6) is -0.437. The molecule has 1 aromatic heterocycles. The number of hydrogen-bond donors (Lipinski definition) is 1. The fourth-order valence-electron chi connectivity index (χ4n) is 2.76. The molecular formula is C14H16N2O4S. The summed E-state index contributed by atoms with van der Waals surface area (Å²) < 4.78 is 5.47. The zero-order valence-corrected chi connectivity index (χ0v) is 12.2. The first-order chi connectivity index (χ1) is 10.2. The lowest BCUT2D eigenvalue weighted by Gasteiger charge is -2.43. The van der Waals surface area contributed by atoms with Crippen molar-refractivity contribution in [3.05, 3.63) is 29.6 Å². The van der Waals surface area contributed by atoms with Crippen LogP contribution in [0, 0.1) is 0 Å². The first-order valence-corrected chi connectivity index (χ1v) is 7.92. The van der Waals surface area contributed by atoms with Gasteiger partial charge in [-0.05, 0) is 18.6 Å². The second kappa shape index (κ2) is 6.03. The first kappa shape index (κ1) is 14.3. The van der Waals surface area contributed by atoms with E-state index in [-0.39, 0.29) is 23.3 Å². The molecule has 1 N–H and O–H groups in total. The number of ether oxygens (including phenoxy) is 1. The molecule has 1 aromatic rings. The molecule has 21 heavy (non-hydrogen) atoms. The van der Waals surface area contributed by atoms with Gasteiger partial charge in [0.1, 0.15) is 11.4 Å². The molecule has 2 atom stereocenters. The van der Waals surface area contributed by atoms with Gasteiger partial charge >= 0.3 is 5.97 Å². The maximum Gasteiger partial charge on any atom is 0.354 e. The Labute approximate surface area is 126 Å². The van der Waals surface area contributed by atoms with Gasteiger partial charge in [-0.15, -0.1) is 0 Å². The molecule has 1 amide bonds. The number of carboxylic acids is 1. The van der Waals surface area contributed by atoms with E-state index in [0.29, 0.717) is 25.0 Å². The number of hydrogen-bond acceptors (Lipinski definition) is 5. The summed E-state index contributed by atoms with van der Waals surface area (Å²) >= 11 is 1.84. The smallest absolute Gasteiger partial charge is 0.354 e. The van der Waals surface area contributed by atoms with Crippen LogP contribution in [0.2, 0.25) is 0 Å². The third-order valence-electron chi connectivity index (χ3n) is 3.78. The number of carbonyl (C=O) groups is 2. The molecule has 6 nitrogen and oxygen atoms in total. The minimum Gasteiger partial charge on any atom is -0.477 e. The molecule has 2 fully saturated rings. The molecule has 0 radical (unpaired) electrons. The Morgan fingerprint density at radius 3 is 3.00 bits per heavy atom. The van der Waals surface area contributed by atoms with Crippen molar-refractivity contribution in [1.82, 2.24) is 9.88 Å². The van der Waals surface area contributed by atoms with Crippen molar-refractivity contribution in [2.75, 3.05) is 25.5 Å². The number of carboxylic acid groups (broad SMARTS) is 1. The lowest BCUT2D eigenvalue weighted by molar-refractivity contribution is 0.0315. The molecule has 7 heteroatoms. The number of thioether (sulfide) groups is 1. The van der Waals surface area contributed by atoms with Crippen LogP contribution in [0.4, 0.5) is 0 Å². The van der Waals surface area contributed by atoms with E-state index in [1.54, 1.807) is 12.1 Å². The highest BCUT2D eigenvalue weighted by Gasteiger charge is 2.37. The highest BCUT2D eigenvalue weighted by molar-refractivity contribution is 8.00. The van der Waals surface area contributed by atoms with E-state index in [0.717, 1.165) is 12.2 Å². The molecule has 2 aliphatic rings. The molecule has 3 rings (SSSR count). The lowest BCUT2D eigenvalue weighted by Crippen LogP contribution is -2.54. The van der Waals surface area contributed by atoms with Gasteiger partial charge in [0.15, 0.2) is 0 Å². The van der Waals surface area contributed by atoms with Gasteiger partial charge in [-0.1, -0.05) is 6.07 Å². The lowest BCUT2D eigenvalue weighted by atomic mass is 10.1. The van der Waals surface area contributed by atoms with Crippen molar-refractivity contribution in [3.8, 4) is 0 Å². The van der Waals surface area contributed by atoms with Crippen molar-refractivity contribution in [2.45, 2.75) is 17.7 Å². The van der Waals surface area contributed by atoms with Crippen LogP contribution in [0.1, 0.15) is 27.4 Å².